The number of rotatable bonds is 5. The van der Waals surface area contributed by atoms with Crippen LogP contribution in [-0.4, -0.2) is 10.4 Å². The van der Waals surface area contributed by atoms with Crippen molar-refractivity contribution >= 4 is 5.78 Å². The molecule has 1 heterocycles. The normalized spacial score (nSPS) is 11.8. The maximum Gasteiger partial charge on any atom is 0.252 e. The zero-order chi connectivity index (χ0) is 20.2. The summed E-state index contributed by atoms with van der Waals surface area (Å²) in [4.78, 5) is 26.3. The van der Waals surface area contributed by atoms with E-state index in [-0.39, 0.29) is 11.3 Å². The average molecular weight is 379 g/mol. The number of benzene rings is 3. The van der Waals surface area contributed by atoms with Crippen molar-refractivity contribution in [2.75, 3.05) is 0 Å². The molecule has 0 saturated carbocycles. The fraction of sp³-hybridized carbons (Fsp3) is 0.0769. The van der Waals surface area contributed by atoms with E-state index in [2.05, 4.69) is 0 Å². The molecule has 0 aliphatic heterocycles. The van der Waals surface area contributed by atoms with Crippen LogP contribution in [0.1, 0.15) is 23.3 Å². The Morgan fingerprint density at radius 3 is 1.79 bits per heavy atom. The van der Waals surface area contributed by atoms with Gasteiger partial charge in [-0.15, -0.1) is 0 Å². The number of Topliss-reactive ketones (excluding diaryl/α,β-unsaturated/α-hetero) is 1. The van der Waals surface area contributed by atoms with Crippen molar-refractivity contribution in [3.05, 3.63) is 119 Å². The minimum Gasteiger partial charge on any atom is -0.298 e. The molecule has 3 nitrogen and oxygen atoms in total. The van der Waals surface area contributed by atoms with Crippen LogP contribution in [0, 0.1) is 0 Å². The van der Waals surface area contributed by atoms with Gasteiger partial charge in [0.15, 0.2) is 5.78 Å². The highest BCUT2D eigenvalue weighted by Crippen LogP contribution is 2.27. The number of hydrogen-bond donors (Lipinski definition) is 0. The van der Waals surface area contributed by atoms with Gasteiger partial charge < -0.3 is 0 Å². The van der Waals surface area contributed by atoms with E-state index < -0.39 is 6.04 Å². The van der Waals surface area contributed by atoms with Gasteiger partial charge in [0.05, 0.1) is 11.7 Å². The van der Waals surface area contributed by atoms with Crippen LogP contribution >= 0.6 is 0 Å². The van der Waals surface area contributed by atoms with Crippen LogP contribution in [0.4, 0.5) is 0 Å². The molecule has 0 aliphatic carbocycles. The van der Waals surface area contributed by atoms with E-state index in [0.29, 0.717) is 5.56 Å². The first-order chi connectivity index (χ1) is 14.1. The van der Waals surface area contributed by atoms with Crippen molar-refractivity contribution in [1.82, 2.24) is 4.57 Å². The molecule has 0 bridgehead atoms. The summed E-state index contributed by atoms with van der Waals surface area (Å²) in [6.45, 7) is 1.78. The molecular weight excluding hydrogens is 358 g/mol. The fourth-order valence-electron chi connectivity index (χ4n) is 3.57. The molecule has 0 saturated heterocycles. The zero-order valence-electron chi connectivity index (χ0n) is 16.2. The molecule has 3 heteroatoms. The standard InChI is InChI=1S/C26H21NO2/c1-19(26(29)22-15-9-4-10-16-22)27-24(21-13-7-3-8-14-21)17-23(18-25(27)28)20-11-5-2-6-12-20/h2-19H,1H3. The fourth-order valence-corrected chi connectivity index (χ4v) is 3.57. The lowest BCUT2D eigenvalue weighted by Gasteiger charge is -2.20. The smallest absolute Gasteiger partial charge is 0.252 e. The summed E-state index contributed by atoms with van der Waals surface area (Å²) in [7, 11) is 0. The van der Waals surface area contributed by atoms with Crippen molar-refractivity contribution < 1.29 is 4.79 Å². The van der Waals surface area contributed by atoms with E-state index in [0.717, 1.165) is 22.4 Å². The van der Waals surface area contributed by atoms with E-state index in [9.17, 15) is 9.59 Å². The third kappa shape index (κ3) is 3.81. The first-order valence-electron chi connectivity index (χ1n) is 9.62. The summed E-state index contributed by atoms with van der Waals surface area (Å²) in [6, 6.07) is 31.6. The zero-order valence-corrected chi connectivity index (χ0v) is 16.2. The number of nitrogens with zero attached hydrogens (tertiary/aromatic N) is 1. The third-order valence-corrected chi connectivity index (χ3v) is 5.07. The number of carbonyl (C=O) groups excluding carboxylic acids is 1. The molecule has 29 heavy (non-hydrogen) atoms. The monoisotopic (exact) mass is 379 g/mol. The van der Waals surface area contributed by atoms with Crippen LogP contribution in [0.2, 0.25) is 0 Å². The molecule has 1 atom stereocenters. The highest BCUT2D eigenvalue weighted by molar-refractivity contribution is 5.99. The van der Waals surface area contributed by atoms with Gasteiger partial charge in [0.25, 0.3) is 5.56 Å². The predicted octanol–water partition coefficient (Wildman–Crippen LogP) is 5.63. The quantitative estimate of drug-likeness (QED) is 0.422. The second-order valence-electron chi connectivity index (χ2n) is 6.98. The maximum atomic E-state index is 13.2. The highest BCUT2D eigenvalue weighted by Gasteiger charge is 2.22. The molecule has 0 aliphatic rings. The summed E-state index contributed by atoms with van der Waals surface area (Å²) in [6.07, 6.45) is 0. The molecule has 4 aromatic rings. The number of aromatic nitrogens is 1. The van der Waals surface area contributed by atoms with Gasteiger partial charge in [0, 0.05) is 11.6 Å². The Bertz CT molecular complexity index is 1180. The topological polar surface area (TPSA) is 39.1 Å². The average Bonchev–Trinajstić information content (AvgIpc) is 2.79. The van der Waals surface area contributed by atoms with E-state index in [1.54, 1.807) is 29.7 Å². The summed E-state index contributed by atoms with van der Waals surface area (Å²) in [5.41, 5.74) is 3.84. The summed E-state index contributed by atoms with van der Waals surface area (Å²) in [5, 5.41) is 0. The van der Waals surface area contributed by atoms with Crippen molar-refractivity contribution in [1.29, 1.82) is 0 Å². The lowest BCUT2D eigenvalue weighted by molar-refractivity contribution is 0.0934. The van der Waals surface area contributed by atoms with Gasteiger partial charge in [0.2, 0.25) is 0 Å². The van der Waals surface area contributed by atoms with Gasteiger partial charge in [0.1, 0.15) is 0 Å². The van der Waals surface area contributed by atoms with Gasteiger partial charge in [-0.05, 0) is 29.7 Å². The van der Waals surface area contributed by atoms with Gasteiger partial charge in [-0.25, -0.2) is 0 Å². The van der Waals surface area contributed by atoms with Crippen molar-refractivity contribution in [2.45, 2.75) is 13.0 Å². The highest BCUT2D eigenvalue weighted by atomic mass is 16.1. The van der Waals surface area contributed by atoms with E-state index in [1.807, 2.05) is 84.9 Å². The number of ketones is 1. The van der Waals surface area contributed by atoms with Crippen molar-refractivity contribution in [2.24, 2.45) is 0 Å². The Hall–Kier alpha value is -3.72. The van der Waals surface area contributed by atoms with Gasteiger partial charge >= 0.3 is 0 Å². The minimum absolute atomic E-state index is 0.0858. The maximum absolute atomic E-state index is 13.2. The number of pyridine rings is 1. The molecular formula is C26H21NO2. The van der Waals surface area contributed by atoms with Crippen LogP contribution in [0.15, 0.2) is 108 Å². The van der Waals surface area contributed by atoms with Gasteiger partial charge in [-0.1, -0.05) is 91.0 Å². The SMILES string of the molecule is CC(C(=O)c1ccccc1)n1c(-c2ccccc2)cc(-c2ccccc2)cc1=O. The lowest BCUT2D eigenvalue weighted by atomic mass is 10.00. The third-order valence-electron chi connectivity index (χ3n) is 5.07. The Morgan fingerprint density at radius 1 is 0.690 bits per heavy atom. The molecule has 0 amide bonds. The van der Waals surface area contributed by atoms with E-state index in [1.165, 1.54) is 0 Å². The van der Waals surface area contributed by atoms with Crippen molar-refractivity contribution in [3.63, 3.8) is 0 Å². The molecule has 0 N–H and O–H groups in total. The second-order valence-corrected chi connectivity index (χ2v) is 6.98. The number of hydrogen-bond acceptors (Lipinski definition) is 2. The molecule has 0 fully saturated rings. The van der Waals surface area contributed by atoms with Gasteiger partial charge in [-0.3, -0.25) is 14.2 Å². The number of carbonyl (C=O) groups is 1. The van der Waals surface area contributed by atoms with E-state index in [4.69, 9.17) is 0 Å². The first-order valence-corrected chi connectivity index (χ1v) is 9.62. The molecule has 0 spiro atoms. The Balaban J connectivity index is 1.89. The first kappa shape index (κ1) is 18.6. The second kappa shape index (κ2) is 8.11. The summed E-state index contributed by atoms with van der Waals surface area (Å²) < 4.78 is 1.59. The lowest BCUT2D eigenvalue weighted by Crippen LogP contribution is -2.29. The predicted molar refractivity (Wildman–Crippen MR) is 117 cm³/mol. The van der Waals surface area contributed by atoms with Crippen LogP contribution < -0.4 is 5.56 Å². The Kier molecular flexibility index (Phi) is 5.21. The molecule has 3 aromatic carbocycles. The van der Waals surface area contributed by atoms with E-state index >= 15 is 0 Å². The molecule has 1 unspecified atom stereocenters. The van der Waals surface area contributed by atoms with Crippen LogP contribution in [-0.2, 0) is 0 Å². The summed E-state index contributed by atoms with van der Waals surface area (Å²) in [5.74, 6) is -0.0858. The summed E-state index contributed by atoms with van der Waals surface area (Å²) >= 11 is 0. The minimum atomic E-state index is -0.620. The molecule has 1 aromatic heterocycles. The molecule has 142 valence electrons. The molecule has 0 radical (unpaired) electrons. The Labute approximate surface area is 169 Å². The molecule has 4 rings (SSSR count). The van der Waals surface area contributed by atoms with Crippen LogP contribution in [0.3, 0.4) is 0 Å². The van der Waals surface area contributed by atoms with Crippen molar-refractivity contribution in [3.8, 4) is 22.4 Å². The van der Waals surface area contributed by atoms with Crippen LogP contribution in [0.5, 0.6) is 0 Å². The Morgan fingerprint density at radius 2 is 1.21 bits per heavy atom. The largest absolute Gasteiger partial charge is 0.298 e. The van der Waals surface area contributed by atoms with Gasteiger partial charge in [-0.2, -0.15) is 0 Å². The van der Waals surface area contributed by atoms with Crippen LogP contribution in [0.25, 0.3) is 22.4 Å².